The third-order valence-electron chi connectivity index (χ3n) is 2.65. The summed E-state index contributed by atoms with van der Waals surface area (Å²) in [5.74, 6) is 1.78. The summed E-state index contributed by atoms with van der Waals surface area (Å²) in [4.78, 5) is 13.0. The molecule has 0 amide bonds. The quantitative estimate of drug-likeness (QED) is 0.730. The highest BCUT2D eigenvalue weighted by Crippen LogP contribution is 2.22. The minimum atomic E-state index is 0.467. The summed E-state index contributed by atoms with van der Waals surface area (Å²) >= 11 is 1.58. The molecule has 0 saturated carbocycles. The molecule has 0 aliphatic rings. The summed E-state index contributed by atoms with van der Waals surface area (Å²) in [6.07, 6.45) is 3.45. The van der Waals surface area contributed by atoms with Crippen LogP contribution < -0.4 is 5.73 Å². The lowest BCUT2D eigenvalue weighted by atomic mass is 10.4. The van der Waals surface area contributed by atoms with E-state index in [2.05, 4.69) is 20.1 Å². The van der Waals surface area contributed by atoms with Gasteiger partial charge in [0.1, 0.15) is 11.6 Å². The van der Waals surface area contributed by atoms with Crippen LogP contribution in [0.4, 0.5) is 5.82 Å². The van der Waals surface area contributed by atoms with Gasteiger partial charge in [-0.2, -0.15) is 5.10 Å². The van der Waals surface area contributed by atoms with E-state index in [-0.39, 0.29) is 0 Å². The Balaban J connectivity index is 1.87. The van der Waals surface area contributed by atoms with Crippen molar-refractivity contribution in [2.24, 2.45) is 7.05 Å². The summed E-state index contributed by atoms with van der Waals surface area (Å²) in [5, 5.41) is 5.86. The van der Waals surface area contributed by atoms with Crippen LogP contribution in [0.15, 0.2) is 35.6 Å². The predicted molar refractivity (Wildman–Crippen MR) is 74.5 cm³/mol. The molecule has 0 saturated heterocycles. The predicted octanol–water partition coefficient (Wildman–Crippen LogP) is 1.63. The topological polar surface area (TPSA) is 82.5 Å². The highest BCUT2D eigenvalue weighted by molar-refractivity contribution is 7.98. The molecule has 3 aromatic rings. The molecule has 0 bridgehead atoms. The van der Waals surface area contributed by atoms with Gasteiger partial charge >= 0.3 is 0 Å². The molecule has 96 valence electrons. The van der Waals surface area contributed by atoms with E-state index in [1.807, 2.05) is 25.2 Å². The van der Waals surface area contributed by atoms with E-state index in [4.69, 9.17) is 5.73 Å². The van der Waals surface area contributed by atoms with Gasteiger partial charge in [-0.1, -0.05) is 17.8 Å². The van der Waals surface area contributed by atoms with Crippen molar-refractivity contribution in [2.75, 3.05) is 5.73 Å². The Kier molecular flexibility index (Phi) is 3.04. The van der Waals surface area contributed by atoms with E-state index in [9.17, 15) is 0 Å². The zero-order valence-electron chi connectivity index (χ0n) is 10.3. The Morgan fingerprint density at radius 1 is 1.32 bits per heavy atom. The molecule has 3 rings (SSSR count). The van der Waals surface area contributed by atoms with Crippen LogP contribution in [0.2, 0.25) is 0 Å². The molecule has 19 heavy (non-hydrogen) atoms. The fraction of sp³-hybridized carbons (Fsp3) is 0.167. The molecule has 0 spiro atoms. The number of fused-ring (bicyclic) bond motifs is 1. The molecule has 0 aliphatic heterocycles. The van der Waals surface area contributed by atoms with Gasteiger partial charge in [-0.05, 0) is 12.1 Å². The van der Waals surface area contributed by atoms with Crippen molar-refractivity contribution in [3.05, 3.63) is 36.4 Å². The molecule has 0 atom stereocenters. The van der Waals surface area contributed by atoms with Crippen LogP contribution in [0, 0.1) is 0 Å². The second kappa shape index (κ2) is 4.85. The number of nitrogen functional groups attached to an aromatic ring is 1. The minimum Gasteiger partial charge on any atom is -0.383 e. The maximum Gasteiger partial charge on any atom is 0.163 e. The molecule has 6 nitrogen and oxygen atoms in total. The number of nitrogens with zero attached hydrogens (tertiary/aromatic N) is 5. The first kappa shape index (κ1) is 11.9. The van der Waals surface area contributed by atoms with Gasteiger partial charge < -0.3 is 5.73 Å². The number of aryl methyl sites for hydroxylation is 1. The lowest BCUT2D eigenvalue weighted by Crippen LogP contribution is -2.01. The molecule has 2 N–H and O–H groups in total. The monoisotopic (exact) mass is 272 g/mol. The van der Waals surface area contributed by atoms with Crippen LogP contribution in [-0.4, -0.2) is 24.7 Å². The zero-order valence-corrected chi connectivity index (χ0v) is 11.1. The SMILES string of the molecule is Cn1ncc2c(N)nc(CSc3ccccn3)nc21. The maximum atomic E-state index is 5.91. The zero-order chi connectivity index (χ0) is 13.2. The van der Waals surface area contributed by atoms with Crippen molar-refractivity contribution in [3.63, 3.8) is 0 Å². The fourth-order valence-electron chi connectivity index (χ4n) is 1.73. The first-order valence-corrected chi connectivity index (χ1v) is 6.70. The van der Waals surface area contributed by atoms with E-state index in [1.165, 1.54) is 0 Å². The van der Waals surface area contributed by atoms with Crippen molar-refractivity contribution in [2.45, 2.75) is 10.8 Å². The van der Waals surface area contributed by atoms with E-state index in [1.54, 1.807) is 28.8 Å². The lowest BCUT2D eigenvalue weighted by molar-refractivity contribution is 0.782. The van der Waals surface area contributed by atoms with Gasteiger partial charge in [0.15, 0.2) is 5.65 Å². The van der Waals surface area contributed by atoms with E-state index in [0.717, 1.165) is 16.1 Å². The Bertz CT molecular complexity index is 709. The number of nitrogens with two attached hydrogens (primary N) is 1. The summed E-state index contributed by atoms with van der Waals surface area (Å²) in [6, 6.07) is 5.80. The second-order valence-electron chi connectivity index (χ2n) is 3.99. The van der Waals surface area contributed by atoms with Crippen LogP contribution in [0.25, 0.3) is 11.0 Å². The molecule has 3 aromatic heterocycles. The first-order chi connectivity index (χ1) is 9.24. The van der Waals surface area contributed by atoms with E-state index >= 15 is 0 Å². The summed E-state index contributed by atoms with van der Waals surface area (Å²) < 4.78 is 1.70. The third kappa shape index (κ3) is 2.37. The van der Waals surface area contributed by atoms with Crippen LogP contribution in [0.3, 0.4) is 0 Å². The molecule has 0 unspecified atom stereocenters. The standard InChI is InChI=1S/C12H12N6S/c1-18-12-8(6-15-18)11(13)16-9(17-12)7-19-10-4-2-3-5-14-10/h2-6H,7H2,1H3,(H2,13,16,17). The van der Waals surface area contributed by atoms with Crippen molar-refractivity contribution in [3.8, 4) is 0 Å². The molecule has 0 radical (unpaired) electrons. The normalized spacial score (nSPS) is 11.0. The Hall–Kier alpha value is -2.15. The number of hydrogen-bond acceptors (Lipinski definition) is 6. The molecular formula is C12H12N6S. The number of thioether (sulfide) groups is 1. The molecule has 0 aliphatic carbocycles. The van der Waals surface area contributed by atoms with Crippen molar-refractivity contribution >= 4 is 28.6 Å². The highest BCUT2D eigenvalue weighted by Gasteiger charge is 2.09. The molecular weight excluding hydrogens is 260 g/mol. The van der Waals surface area contributed by atoms with Crippen LogP contribution in [0.5, 0.6) is 0 Å². The maximum absolute atomic E-state index is 5.91. The molecule has 7 heteroatoms. The Morgan fingerprint density at radius 2 is 2.21 bits per heavy atom. The van der Waals surface area contributed by atoms with Gasteiger partial charge in [0.2, 0.25) is 0 Å². The van der Waals surface area contributed by atoms with Gasteiger partial charge in [0.05, 0.1) is 22.4 Å². The average molecular weight is 272 g/mol. The Morgan fingerprint density at radius 3 is 3.00 bits per heavy atom. The highest BCUT2D eigenvalue weighted by atomic mass is 32.2. The number of hydrogen-bond donors (Lipinski definition) is 1. The van der Waals surface area contributed by atoms with Crippen LogP contribution in [0.1, 0.15) is 5.82 Å². The van der Waals surface area contributed by atoms with Gasteiger partial charge in [-0.25, -0.2) is 15.0 Å². The fourth-order valence-corrected chi connectivity index (χ4v) is 2.44. The van der Waals surface area contributed by atoms with Crippen molar-refractivity contribution < 1.29 is 0 Å². The van der Waals surface area contributed by atoms with Crippen LogP contribution >= 0.6 is 11.8 Å². The average Bonchev–Trinajstić information content (AvgIpc) is 2.80. The number of anilines is 1. The third-order valence-corrected chi connectivity index (χ3v) is 3.59. The molecule has 3 heterocycles. The van der Waals surface area contributed by atoms with Crippen molar-refractivity contribution in [1.82, 2.24) is 24.7 Å². The number of rotatable bonds is 3. The van der Waals surface area contributed by atoms with Crippen LogP contribution in [-0.2, 0) is 12.8 Å². The lowest BCUT2D eigenvalue weighted by Gasteiger charge is -2.03. The smallest absolute Gasteiger partial charge is 0.163 e. The van der Waals surface area contributed by atoms with Gasteiger partial charge in [0, 0.05) is 13.2 Å². The van der Waals surface area contributed by atoms with Crippen molar-refractivity contribution in [1.29, 1.82) is 0 Å². The largest absolute Gasteiger partial charge is 0.383 e. The Labute approximate surface area is 114 Å². The second-order valence-corrected chi connectivity index (χ2v) is 4.98. The summed E-state index contributed by atoms with van der Waals surface area (Å²) in [6.45, 7) is 0. The van der Waals surface area contributed by atoms with E-state index in [0.29, 0.717) is 17.4 Å². The molecule has 0 fully saturated rings. The first-order valence-electron chi connectivity index (χ1n) is 5.72. The van der Waals surface area contributed by atoms with E-state index < -0.39 is 0 Å². The number of pyridine rings is 1. The van der Waals surface area contributed by atoms with Gasteiger partial charge in [-0.3, -0.25) is 4.68 Å². The number of aromatic nitrogens is 5. The minimum absolute atomic E-state index is 0.467. The van der Waals surface area contributed by atoms with Gasteiger partial charge in [0.25, 0.3) is 0 Å². The summed E-state index contributed by atoms with van der Waals surface area (Å²) in [5.41, 5.74) is 6.66. The molecule has 0 aromatic carbocycles. The summed E-state index contributed by atoms with van der Waals surface area (Å²) in [7, 11) is 1.84. The van der Waals surface area contributed by atoms with Gasteiger partial charge in [-0.15, -0.1) is 0 Å².